The first-order valence-electron chi connectivity index (χ1n) is 15.5. The molecule has 2 aromatic carbocycles. The monoisotopic (exact) mass is 646 g/mol. The number of rotatable bonds is 13. The van der Waals surface area contributed by atoms with Gasteiger partial charge in [0.25, 0.3) is 0 Å². The summed E-state index contributed by atoms with van der Waals surface area (Å²) in [6.07, 6.45) is 4.48. The van der Waals surface area contributed by atoms with Gasteiger partial charge >= 0.3 is 6.09 Å². The molecule has 3 aromatic rings. The maximum Gasteiger partial charge on any atom is 0.408 e. The second-order valence-electron chi connectivity index (χ2n) is 13.6. The average molecular weight is 647 g/mol. The van der Waals surface area contributed by atoms with Crippen molar-refractivity contribution in [3.8, 4) is 0 Å². The lowest BCUT2D eigenvalue weighted by Crippen LogP contribution is -2.58. The van der Waals surface area contributed by atoms with Crippen LogP contribution in [0.5, 0.6) is 0 Å². The Hall–Kier alpha value is -4.18. The minimum absolute atomic E-state index is 0.132. The maximum atomic E-state index is 14.0. The molecule has 1 aliphatic carbocycles. The molecule has 1 saturated carbocycles. The van der Waals surface area contributed by atoms with Crippen LogP contribution in [0.4, 0.5) is 16.4 Å². The lowest BCUT2D eigenvalue weighted by atomic mass is 9.86. The van der Waals surface area contributed by atoms with Gasteiger partial charge in [-0.15, -0.1) is 0 Å². The van der Waals surface area contributed by atoms with Crippen molar-refractivity contribution in [1.29, 1.82) is 0 Å². The van der Waals surface area contributed by atoms with Gasteiger partial charge in [0, 0.05) is 31.2 Å². The van der Waals surface area contributed by atoms with E-state index in [0.717, 1.165) is 28.1 Å². The van der Waals surface area contributed by atoms with E-state index in [2.05, 4.69) is 11.8 Å². The molecule has 246 valence electrons. The zero-order valence-electron chi connectivity index (χ0n) is 27.8. The minimum Gasteiger partial charge on any atom is -0.465 e. The fourth-order valence-corrected chi connectivity index (χ4v) is 6.39. The van der Waals surface area contributed by atoms with Crippen LogP contribution in [0.2, 0.25) is 0 Å². The molecule has 9 nitrogen and oxygen atoms in total. The molecule has 4 rings (SSSR count). The van der Waals surface area contributed by atoms with Crippen LogP contribution in [0.15, 0.2) is 84.9 Å². The van der Waals surface area contributed by atoms with Gasteiger partial charge in [0.15, 0.2) is 5.78 Å². The number of amides is 1. The number of benzene rings is 2. The molecule has 0 saturated heterocycles. The molecule has 3 atom stereocenters. The highest BCUT2D eigenvalue weighted by Crippen LogP contribution is 2.39. The molecule has 46 heavy (non-hydrogen) atoms. The van der Waals surface area contributed by atoms with E-state index in [-0.39, 0.29) is 17.2 Å². The van der Waals surface area contributed by atoms with Gasteiger partial charge in [-0.1, -0.05) is 73.7 Å². The highest BCUT2D eigenvalue weighted by atomic mass is 32.2. The molecule has 1 amide bonds. The molecule has 1 aromatic heterocycles. The Bertz CT molecular complexity index is 1670. The second-order valence-corrected chi connectivity index (χ2v) is 15.7. The number of carbonyl (C=O) groups excluding carboxylic acids is 1. The highest BCUT2D eigenvalue weighted by Gasteiger charge is 2.41. The molecule has 3 unspecified atom stereocenters. The highest BCUT2D eigenvalue weighted by molar-refractivity contribution is 7.92. The summed E-state index contributed by atoms with van der Waals surface area (Å²) >= 11 is 0. The minimum atomic E-state index is -3.68. The van der Waals surface area contributed by atoms with Crippen LogP contribution in [-0.4, -0.2) is 66.2 Å². The van der Waals surface area contributed by atoms with Crippen LogP contribution in [0, 0.1) is 11.8 Å². The first-order chi connectivity index (χ1) is 21.5. The van der Waals surface area contributed by atoms with Crippen molar-refractivity contribution in [3.63, 3.8) is 0 Å². The number of hydrogen-bond acceptors (Lipinski definition) is 6. The third-order valence-electron chi connectivity index (χ3n) is 8.55. The molecular weight excluding hydrogens is 600 g/mol. The van der Waals surface area contributed by atoms with Crippen molar-refractivity contribution in [1.82, 2.24) is 9.88 Å². The molecule has 0 aliphatic heterocycles. The smallest absolute Gasteiger partial charge is 0.408 e. The molecule has 0 bridgehead atoms. The predicted molar refractivity (Wildman–Crippen MR) is 184 cm³/mol. The Morgan fingerprint density at radius 1 is 0.957 bits per heavy atom. The van der Waals surface area contributed by atoms with Crippen molar-refractivity contribution in [2.24, 2.45) is 11.8 Å². The second kappa shape index (κ2) is 13.7. The molecule has 1 fully saturated rings. The van der Waals surface area contributed by atoms with Crippen LogP contribution >= 0.6 is 0 Å². The van der Waals surface area contributed by atoms with E-state index < -0.39 is 27.2 Å². The van der Waals surface area contributed by atoms with Crippen LogP contribution in [-0.2, 0) is 23.0 Å². The number of allylic oxidation sites excluding steroid dienone is 1. The topological polar surface area (TPSA) is 111 Å². The van der Waals surface area contributed by atoms with Gasteiger partial charge in [0.05, 0.1) is 11.8 Å². The molecular formula is C36H46N4O5S. The lowest BCUT2D eigenvalue weighted by molar-refractivity contribution is 0.0462. The van der Waals surface area contributed by atoms with Gasteiger partial charge in [0.2, 0.25) is 10.0 Å². The first kappa shape index (κ1) is 34.7. The van der Waals surface area contributed by atoms with Crippen molar-refractivity contribution < 1.29 is 23.1 Å². The molecule has 10 heteroatoms. The Morgan fingerprint density at radius 2 is 1.50 bits per heavy atom. The van der Waals surface area contributed by atoms with E-state index >= 15 is 0 Å². The third-order valence-corrected chi connectivity index (χ3v) is 9.73. The molecule has 0 radical (unpaired) electrons. The van der Waals surface area contributed by atoms with E-state index in [4.69, 9.17) is 4.98 Å². The number of aromatic nitrogens is 1. The summed E-state index contributed by atoms with van der Waals surface area (Å²) in [5.74, 6) is 1.30. The number of hydrogen-bond donors (Lipinski definition) is 1. The Labute approximate surface area is 273 Å². The Balaban J connectivity index is 1.79. The number of pyridine rings is 1. The summed E-state index contributed by atoms with van der Waals surface area (Å²) in [5.41, 5.74) is 0.403. The summed E-state index contributed by atoms with van der Waals surface area (Å²) < 4.78 is 26.3. The molecule has 1 aliphatic rings. The Kier molecular flexibility index (Phi) is 10.3. The Morgan fingerprint density at radius 3 is 2.00 bits per heavy atom. The molecule has 0 spiro atoms. The molecule has 1 heterocycles. The maximum absolute atomic E-state index is 14.0. The van der Waals surface area contributed by atoms with E-state index in [1.807, 2.05) is 88.4 Å². The number of ketones is 1. The van der Waals surface area contributed by atoms with E-state index in [1.54, 1.807) is 12.1 Å². The van der Waals surface area contributed by atoms with Crippen LogP contribution < -0.4 is 9.21 Å². The summed E-state index contributed by atoms with van der Waals surface area (Å²) in [6, 6.07) is 22.7. The van der Waals surface area contributed by atoms with E-state index in [1.165, 1.54) is 24.1 Å². The normalized spacial score (nSPS) is 17.7. The number of carboxylic acid groups (broad SMARTS) is 1. The standard InChI is InChI=1S/C36H46N4O5S/c1-26-20-30(26)25-39(24-28-16-12-9-13-17-28)33-22-29(21-32(37-33)38(6)46(7,44)45)31(41)18-19-36(5,23-27-14-10-8-11-15-27)40(34(42)43)35(2,3)4/h8-19,21-22,26,30H,20,23-25H2,1-7H3,(H,42,43)/b19-18+. The summed E-state index contributed by atoms with van der Waals surface area (Å²) in [4.78, 5) is 34.8. The average Bonchev–Trinajstić information content (AvgIpc) is 3.68. The SMILES string of the molecule is CC1CC1CN(Cc1ccccc1)c1cc(C(=O)/C=C/C(C)(Cc2ccccc2)N(C(=O)O)C(C)(C)C)cc(N(C)S(C)(=O)=O)n1. The number of anilines is 2. The number of carbonyl (C=O) groups is 2. The van der Waals surface area contributed by atoms with Crippen LogP contribution in [0.1, 0.15) is 62.5 Å². The van der Waals surface area contributed by atoms with Crippen LogP contribution in [0.25, 0.3) is 0 Å². The van der Waals surface area contributed by atoms with Gasteiger partial charge in [0.1, 0.15) is 11.6 Å². The quantitative estimate of drug-likeness (QED) is 0.163. The lowest BCUT2D eigenvalue weighted by Gasteiger charge is -2.46. The number of sulfonamides is 1. The summed E-state index contributed by atoms with van der Waals surface area (Å²) in [5, 5.41) is 10.3. The third kappa shape index (κ3) is 8.75. The fraction of sp³-hybridized carbons (Fsp3) is 0.417. The zero-order chi connectivity index (χ0) is 33.9. The first-order valence-corrected chi connectivity index (χ1v) is 17.4. The van der Waals surface area contributed by atoms with Gasteiger partial charge in [-0.3, -0.25) is 14.0 Å². The van der Waals surface area contributed by atoms with Gasteiger partial charge in [-0.05, 0) is 81.7 Å². The summed E-state index contributed by atoms with van der Waals surface area (Å²) in [6.45, 7) is 10.7. The van der Waals surface area contributed by atoms with E-state index in [0.29, 0.717) is 37.2 Å². The van der Waals surface area contributed by atoms with Gasteiger partial charge in [-0.25, -0.2) is 18.2 Å². The van der Waals surface area contributed by atoms with Gasteiger partial charge in [-0.2, -0.15) is 0 Å². The van der Waals surface area contributed by atoms with Crippen molar-refractivity contribution >= 4 is 33.5 Å². The van der Waals surface area contributed by atoms with E-state index in [9.17, 15) is 23.1 Å². The fourth-order valence-electron chi connectivity index (χ4n) is 5.96. The number of nitrogens with zero attached hydrogens (tertiary/aromatic N) is 4. The van der Waals surface area contributed by atoms with Gasteiger partial charge < -0.3 is 10.0 Å². The van der Waals surface area contributed by atoms with Crippen molar-refractivity contribution in [2.45, 2.75) is 65.1 Å². The largest absolute Gasteiger partial charge is 0.465 e. The van der Waals surface area contributed by atoms with Crippen molar-refractivity contribution in [2.75, 3.05) is 29.1 Å². The predicted octanol–water partition coefficient (Wildman–Crippen LogP) is 6.66. The summed E-state index contributed by atoms with van der Waals surface area (Å²) in [7, 11) is -2.26. The zero-order valence-corrected chi connectivity index (χ0v) is 28.7. The van der Waals surface area contributed by atoms with Crippen LogP contribution in [0.3, 0.4) is 0 Å². The molecule has 1 N–H and O–H groups in total. The van der Waals surface area contributed by atoms with Crippen molar-refractivity contribution in [3.05, 3.63) is 102 Å².